The minimum absolute atomic E-state index is 0.0261. The summed E-state index contributed by atoms with van der Waals surface area (Å²) in [6.07, 6.45) is 5.04. The molecule has 4 nitrogen and oxygen atoms in total. The van der Waals surface area contributed by atoms with Crippen molar-refractivity contribution in [3.05, 3.63) is 23.5 Å². The van der Waals surface area contributed by atoms with E-state index in [1.807, 2.05) is 11.8 Å². The van der Waals surface area contributed by atoms with Crippen molar-refractivity contribution in [2.45, 2.75) is 33.1 Å². The van der Waals surface area contributed by atoms with Crippen LogP contribution in [-0.4, -0.2) is 28.9 Å². The summed E-state index contributed by atoms with van der Waals surface area (Å²) in [5.41, 5.74) is 7.82. The second-order valence-electron chi connectivity index (χ2n) is 5.08. The molecule has 98 valence electrons. The summed E-state index contributed by atoms with van der Waals surface area (Å²) in [5.74, 6) is 0.653. The van der Waals surface area contributed by atoms with Gasteiger partial charge in [0, 0.05) is 30.7 Å². The van der Waals surface area contributed by atoms with E-state index in [0.717, 1.165) is 31.6 Å². The molecule has 1 amide bonds. The van der Waals surface area contributed by atoms with Crippen molar-refractivity contribution < 1.29 is 4.79 Å². The first-order valence-electron chi connectivity index (χ1n) is 6.63. The predicted molar refractivity (Wildman–Crippen MR) is 72.3 cm³/mol. The molecule has 1 aliphatic heterocycles. The topological polar surface area (TPSA) is 59.2 Å². The summed E-state index contributed by atoms with van der Waals surface area (Å²) in [4.78, 5) is 18.5. The van der Waals surface area contributed by atoms with Gasteiger partial charge in [-0.25, -0.2) is 0 Å². The van der Waals surface area contributed by atoms with Crippen LogP contribution in [-0.2, 0) is 0 Å². The number of carbonyl (C=O) groups excluding carboxylic acids is 1. The average Bonchev–Trinajstić information content (AvgIpc) is 2.38. The molecule has 0 saturated carbocycles. The molecule has 18 heavy (non-hydrogen) atoms. The van der Waals surface area contributed by atoms with E-state index in [1.54, 1.807) is 12.3 Å². The summed E-state index contributed by atoms with van der Waals surface area (Å²) < 4.78 is 0. The number of rotatable bonds is 2. The fourth-order valence-corrected chi connectivity index (χ4v) is 2.51. The fourth-order valence-electron chi connectivity index (χ4n) is 2.51. The SMILES string of the molecule is CCC1CCCN(C(=O)c2cnc(C)cc2N)C1. The minimum Gasteiger partial charge on any atom is -0.398 e. The van der Waals surface area contributed by atoms with E-state index >= 15 is 0 Å². The summed E-state index contributed by atoms with van der Waals surface area (Å²) in [6.45, 7) is 5.74. The number of hydrogen-bond donors (Lipinski definition) is 1. The van der Waals surface area contributed by atoms with Crippen molar-refractivity contribution in [3.63, 3.8) is 0 Å². The van der Waals surface area contributed by atoms with Crippen molar-refractivity contribution in [2.75, 3.05) is 18.8 Å². The number of likely N-dealkylation sites (tertiary alicyclic amines) is 1. The predicted octanol–water partition coefficient (Wildman–Crippen LogP) is 2.23. The Morgan fingerprint density at radius 1 is 1.61 bits per heavy atom. The van der Waals surface area contributed by atoms with Crippen LogP contribution in [0.25, 0.3) is 0 Å². The normalized spacial score (nSPS) is 19.9. The Morgan fingerprint density at radius 3 is 3.06 bits per heavy atom. The highest BCUT2D eigenvalue weighted by molar-refractivity contribution is 5.98. The molecule has 1 saturated heterocycles. The molecule has 1 aromatic heterocycles. The molecule has 1 aliphatic rings. The van der Waals surface area contributed by atoms with E-state index in [0.29, 0.717) is 17.2 Å². The van der Waals surface area contributed by atoms with Crippen molar-refractivity contribution in [1.29, 1.82) is 0 Å². The third kappa shape index (κ3) is 2.63. The van der Waals surface area contributed by atoms with Gasteiger partial charge < -0.3 is 10.6 Å². The molecule has 0 aliphatic carbocycles. The Hall–Kier alpha value is -1.58. The van der Waals surface area contributed by atoms with Gasteiger partial charge in [-0.15, -0.1) is 0 Å². The summed E-state index contributed by atoms with van der Waals surface area (Å²) >= 11 is 0. The van der Waals surface area contributed by atoms with Crippen LogP contribution in [0.5, 0.6) is 0 Å². The number of piperidine rings is 1. The van der Waals surface area contributed by atoms with Crippen LogP contribution in [0, 0.1) is 12.8 Å². The fraction of sp³-hybridized carbons (Fsp3) is 0.571. The largest absolute Gasteiger partial charge is 0.398 e. The van der Waals surface area contributed by atoms with Gasteiger partial charge in [0.15, 0.2) is 0 Å². The lowest BCUT2D eigenvalue weighted by Gasteiger charge is -2.32. The summed E-state index contributed by atoms with van der Waals surface area (Å²) in [6, 6.07) is 1.76. The van der Waals surface area contributed by atoms with Gasteiger partial charge >= 0.3 is 0 Å². The van der Waals surface area contributed by atoms with Crippen LogP contribution < -0.4 is 5.73 Å². The maximum absolute atomic E-state index is 12.4. The molecular formula is C14H21N3O. The third-order valence-electron chi connectivity index (χ3n) is 3.69. The highest BCUT2D eigenvalue weighted by Gasteiger charge is 2.24. The van der Waals surface area contributed by atoms with Gasteiger partial charge in [-0.05, 0) is 31.7 Å². The van der Waals surface area contributed by atoms with Gasteiger partial charge in [-0.3, -0.25) is 9.78 Å². The molecule has 0 radical (unpaired) electrons. The smallest absolute Gasteiger partial charge is 0.257 e. The van der Waals surface area contributed by atoms with E-state index in [2.05, 4.69) is 11.9 Å². The number of anilines is 1. The summed E-state index contributed by atoms with van der Waals surface area (Å²) in [5, 5.41) is 0. The maximum Gasteiger partial charge on any atom is 0.257 e. The molecular weight excluding hydrogens is 226 g/mol. The number of nitrogens with zero attached hydrogens (tertiary/aromatic N) is 2. The molecule has 1 atom stereocenters. The average molecular weight is 247 g/mol. The number of amides is 1. The van der Waals surface area contributed by atoms with E-state index < -0.39 is 0 Å². The van der Waals surface area contributed by atoms with Crippen LogP contribution >= 0.6 is 0 Å². The number of hydrogen-bond acceptors (Lipinski definition) is 3. The first-order chi connectivity index (χ1) is 8.61. The minimum atomic E-state index is 0.0261. The van der Waals surface area contributed by atoms with Crippen LogP contribution in [0.4, 0.5) is 5.69 Å². The van der Waals surface area contributed by atoms with Gasteiger partial charge in [0.05, 0.1) is 5.56 Å². The van der Waals surface area contributed by atoms with Crippen LogP contribution in [0.1, 0.15) is 42.2 Å². The standard InChI is InChI=1S/C14H21N3O/c1-3-11-5-4-6-17(9-11)14(18)12-8-16-10(2)7-13(12)15/h7-8,11H,3-6,9H2,1-2H3,(H2,15,16). The third-order valence-corrected chi connectivity index (χ3v) is 3.69. The molecule has 1 aromatic rings. The second-order valence-corrected chi connectivity index (χ2v) is 5.08. The molecule has 1 unspecified atom stereocenters. The number of aromatic nitrogens is 1. The first-order valence-corrected chi connectivity index (χ1v) is 6.63. The quantitative estimate of drug-likeness (QED) is 0.871. The van der Waals surface area contributed by atoms with Crippen molar-refractivity contribution >= 4 is 11.6 Å². The van der Waals surface area contributed by atoms with Crippen LogP contribution in [0.15, 0.2) is 12.3 Å². The zero-order valence-electron chi connectivity index (χ0n) is 11.1. The van der Waals surface area contributed by atoms with Crippen molar-refractivity contribution in [3.8, 4) is 0 Å². The first kappa shape index (κ1) is 12.9. The number of aryl methyl sites for hydroxylation is 1. The van der Waals surface area contributed by atoms with Gasteiger partial charge in [-0.1, -0.05) is 13.3 Å². The Labute approximate surface area is 108 Å². The lowest BCUT2D eigenvalue weighted by atomic mass is 9.95. The monoisotopic (exact) mass is 247 g/mol. The van der Waals surface area contributed by atoms with Crippen molar-refractivity contribution in [1.82, 2.24) is 9.88 Å². The second kappa shape index (κ2) is 5.38. The number of pyridine rings is 1. The molecule has 0 spiro atoms. The van der Waals surface area contributed by atoms with Crippen LogP contribution in [0.2, 0.25) is 0 Å². The number of carbonyl (C=O) groups is 1. The highest BCUT2D eigenvalue weighted by atomic mass is 16.2. The number of nitrogens with two attached hydrogens (primary N) is 1. The zero-order valence-corrected chi connectivity index (χ0v) is 11.1. The molecule has 1 fully saturated rings. The number of nitrogen functional groups attached to an aromatic ring is 1. The summed E-state index contributed by atoms with van der Waals surface area (Å²) in [7, 11) is 0. The maximum atomic E-state index is 12.4. The van der Waals surface area contributed by atoms with E-state index in [4.69, 9.17) is 5.73 Å². The Bertz CT molecular complexity index is 445. The van der Waals surface area contributed by atoms with E-state index in [-0.39, 0.29) is 5.91 Å². The Balaban J connectivity index is 2.15. The lowest BCUT2D eigenvalue weighted by molar-refractivity contribution is 0.0672. The van der Waals surface area contributed by atoms with Crippen LogP contribution in [0.3, 0.4) is 0 Å². The molecule has 4 heteroatoms. The highest BCUT2D eigenvalue weighted by Crippen LogP contribution is 2.22. The van der Waals surface area contributed by atoms with E-state index in [1.165, 1.54) is 6.42 Å². The molecule has 2 heterocycles. The van der Waals surface area contributed by atoms with Crippen molar-refractivity contribution in [2.24, 2.45) is 5.92 Å². The lowest BCUT2D eigenvalue weighted by Crippen LogP contribution is -2.40. The van der Waals surface area contributed by atoms with Gasteiger partial charge in [0.2, 0.25) is 0 Å². The van der Waals surface area contributed by atoms with Gasteiger partial charge in [0.25, 0.3) is 5.91 Å². The van der Waals surface area contributed by atoms with Gasteiger partial charge in [0.1, 0.15) is 0 Å². The van der Waals surface area contributed by atoms with E-state index in [9.17, 15) is 4.79 Å². The molecule has 2 N–H and O–H groups in total. The Kier molecular flexibility index (Phi) is 3.84. The molecule has 2 rings (SSSR count). The molecule has 0 bridgehead atoms. The Morgan fingerprint density at radius 2 is 2.39 bits per heavy atom. The zero-order chi connectivity index (χ0) is 13.1. The van der Waals surface area contributed by atoms with Gasteiger partial charge in [-0.2, -0.15) is 0 Å². The molecule has 0 aromatic carbocycles.